The van der Waals surface area contributed by atoms with Gasteiger partial charge in [-0.2, -0.15) is 0 Å². The molecule has 3 aromatic heterocycles. The smallest absolute Gasteiger partial charge is 0.257 e. The molecule has 1 unspecified atom stereocenters. The molecule has 0 fully saturated rings. The van der Waals surface area contributed by atoms with Gasteiger partial charge in [-0.15, -0.1) is 31.7 Å². The van der Waals surface area contributed by atoms with E-state index >= 15 is 0 Å². The Morgan fingerprint density at radius 2 is 1.74 bits per heavy atom. The van der Waals surface area contributed by atoms with Gasteiger partial charge in [-0.1, -0.05) is 48.2 Å². The van der Waals surface area contributed by atoms with Gasteiger partial charge >= 0.3 is 0 Å². The number of nitrogens with zero attached hydrogens (tertiary/aromatic N) is 5. The molecule has 0 saturated heterocycles. The number of halogens is 1. The summed E-state index contributed by atoms with van der Waals surface area (Å²) in [6.07, 6.45) is 0. The molecule has 9 heteroatoms. The lowest BCUT2D eigenvalue weighted by Gasteiger charge is -2.12. The molecule has 0 amide bonds. The minimum Gasteiger partial charge on any atom is -0.419 e. The normalized spacial score (nSPS) is 12.2. The number of thiophene rings is 1. The number of thioether (sulfide) groups is 1. The van der Waals surface area contributed by atoms with Crippen molar-refractivity contribution in [3.05, 3.63) is 83.8 Å². The topological polar surface area (TPSA) is 69.6 Å². The van der Waals surface area contributed by atoms with Crippen molar-refractivity contribution in [2.75, 3.05) is 0 Å². The summed E-state index contributed by atoms with van der Waals surface area (Å²) in [4.78, 5) is 0.928. The van der Waals surface area contributed by atoms with Crippen LogP contribution in [-0.4, -0.2) is 25.0 Å². The third-order valence-corrected chi connectivity index (χ3v) is 6.44. The molecule has 31 heavy (non-hydrogen) atoms. The van der Waals surface area contributed by atoms with Crippen LogP contribution < -0.4 is 0 Å². The van der Waals surface area contributed by atoms with E-state index < -0.39 is 0 Å². The molecule has 6 nitrogen and oxygen atoms in total. The molecule has 0 aliphatic heterocycles. The Balaban J connectivity index is 1.50. The largest absolute Gasteiger partial charge is 0.419 e. The average Bonchev–Trinajstić information content (AvgIpc) is 3.55. The van der Waals surface area contributed by atoms with E-state index in [1.165, 1.54) is 23.9 Å². The molecule has 1 atom stereocenters. The lowest BCUT2D eigenvalue weighted by Crippen LogP contribution is -2.01. The van der Waals surface area contributed by atoms with Crippen molar-refractivity contribution in [2.45, 2.75) is 17.3 Å². The van der Waals surface area contributed by atoms with Crippen LogP contribution in [0.15, 0.2) is 81.7 Å². The first-order chi connectivity index (χ1) is 15.2. The van der Waals surface area contributed by atoms with Crippen molar-refractivity contribution >= 4 is 23.1 Å². The van der Waals surface area contributed by atoms with Crippen LogP contribution in [0.3, 0.4) is 0 Å². The standard InChI is InChI=1S/C22H16FN5OS2/c1-14(20-25-26-21(29-20)18-8-5-13-30-18)31-22-27-24-19(15-6-3-2-4-7-15)28(22)17-11-9-16(23)10-12-17/h2-14H,1H3. The van der Waals surface area contributed by atoms with E-state index in [-0.39, 0.29) is 11.1 Å². The molecule has 0 N–H and O–H groups in total. The number of rotatable bonds is 6. The van der Waals surface area contributed by atoms with E-state index in [0.717, 1.165) is 16.1 Å². The highest BCUT2D eigenvalue weighted by molar-refractivity contribution is 7.99. The molecule has 3 heterocycles. The Labute approximate surface area is 185 Å². The molecule has 0 spiro atoms. The molecule has 0 aliphatic rings. The van der Waals surface area contributed by atoms with Crippen LogP contribution in [0.5, 0.6) is 0 Å². The molecule has 0 radical (unpaired) electrons. The second-order valence-electron chi connectivity index (χ2n) is 6.67. The van der Waals surface area contributed by atoms with E-state index in [9.17, 15) is 4.39 Å². The van der Waals surface area contributed by atoms with Crippen molar-refractivity contribution in [1.29, 1.82) is 0 Å². The summed E-state index contributed by atoms with van der Waals surface area (Å²) in [6, 6.07) is 19.9. The summed E-state index contributed by atoms with van der Waals surface area (Å²) in [7, 11) is 0. The SMILES string of the molecule is CC(Sc1nnc(-c2ccccc2)n1-c1ccc(F)cc1)c1nnc(-c2cccs2)o1. The van der Waals surface area contributed by atoms with Crippen LogP contribution in [0.4, 0.5) is 4.39 Å². The number of hydrogen-bond acceptors (Lipinski definition) is 7. The second kappa shape index (κ2) is 8.44. The quantitative estimate of drug-likeness (QED) is 0.295. The first-order valence-corrected chi connectivity index (χ1v) is 11.3. The van der Waals surface area contributed by atoms with Crippen molar-refractivity contribution in [1.82, 2.24) is 25.0 Å². The molecule has 5 rings (SSSR count). The summed E-state index contributed by atoms with van der Waals surface area (Å²) >= 11 is 3.00. The maximum absolute atomic E-state index is 13.5. The first kappa shape index (κ1) is 19.7. The Morgan fingerprint density at radius 3 is 2.48 bits per heavy atom. The minimum absolute atomic E-state index is 0.159. The van der Waals surface area contributed by atoms with Gasteiger partial charge in [0.05, 0.1) is 10.1 Å². The fraction of sp³-hybridized carbons (Fsp3) is 0.0909. The maximum Gasteiger partial charge on any atom is 0.257 e. The highest BCUT2D eigenvalue weighted by Crippen LogP contribution is 2.37. The molecule has 2 aromatic carbocycles. The molecule has 0 aliphatic carbocycles. The lowest BCUT2D eigenvalue weighted by atomic mass is 10.2. The average molecular weight is 450 g/mol. The van der Waals surface area contributed by atoms with E-state index in [4.69, 9.17) is 4.42 Å². The van der Waals surface area contributed by atoms with Gasteiger partial charge in [0.2, 0.25) is 5.89 Å². The van der Waals surface area contributed by atoms with Crippen molar-refractivity contribution in [2.24, 2.45) is 0 Å². The maximum atomic E-state index is 13.5. The fourth-order valence-corrected chi connectivity index (χ4v) is 4.59. The van der Waals surface area contributed by atoms with Crippen LogP contribution in [-0.2, 0) is 0 Å². The van der Waals surface area contributed by atoms with Gasteiger partial charge in [0.15, 0.2) is 11.0 Å². The van der Waals surface area contributed by atoms with Crippen LogP contribution in [0, 0.1) is 5.82 Å². The molecule has 154 valence electrons. The third-order valence-electron chi connectivity index (χ3n) is 4.55. The predicted molar refractivity (Wildman–Crippen MR) is 119 cm³/mol. The highest BCUT2D eigenvalue weighted by Gasteiger charge is 2.22. The van der Waals surface area contributed by atoms with E-state index in [0.29, 0.717) is 22.8 Å². The zero-order valence-electron chi connectivity index (χ0n) is 16.3. The van der Waals surface area contributed by atoms with Gasteiger partial charge in [-0.05, 0) is 42.6 Å². The second-order valence-corrected chi connectivity index (χ2v) is 8.92. The summed E-state index contributed by atoms with van der Waals surface area (Å²) in [5.41, 5.74) is 1.68. The summed E-state index contributed by atoms with van der Waals surface area (Å²) < 4.78 is 21.3. The molecular formula is C22H16FN5OS2. The molecule has 0 saturated carbocycles. The zero-order chi connectivity index (χ0) is 21.2. The first-order valence-electron chi connectivity index (χ1n) is 9.50. The fourth-order valence-electron chi connectivity index (χ4n) is 3.05. The van der Waals surface area contributed by atoms with Gasteiger partial charge in [0.1, 0.15) is 5.82 Å². The van der Waals surface area contributed by atoms with Gasteiger partial charge in [-0.3, -0.25) is 4.57 Å². The minimum atomic E-state index is -0.298. The van der Waals surface area contributed by atoms with Gasteiger partial charge in [0, 0.05) is 11.3 Å². The van der Waals surface area contributed by atoms with Crippen LogP contribution in [0.2, 0.25) is 0 Å². The summed E-state index contributed by atoms with van der Waals surface area (Å²) in [5, 5.41) is 19.6. The number of hydrogen-bond donors (Lipinski definition) is 0. The van der Waals surface area contributed by atoms with E-state index in [1.807, 2.05) is 59.3 Å². The molecular weight excluding hydrogens is 433 g/mol. The zero-order valence-corrected chi connectivity index (χ0v) is 18.0. The number of benzene rings is 2. The Kier molecular flexibility index (Phi) is 5.35. The van der Waals surface area contributed by atoms with Gasteiger partial charge in [-0.25, -0.2) is 4.39 Å². The van der Waals surface area contributed by atoms with E-state index in [2.05, 4.69) is 20.4 Å². The Bertz CT molecular complexity index is 1280. The molecule has 5 aromatic rings. The van der Waals surface area contributed by atoms with Gasteiger partial charge in [0.25, 0.3) is 5.89 Å². The summed E-state index contributed by atoms with van der Waals surface area (Å²) in [5.74, 6) is 1.38. The van der Waals surface area contributed by atoms with Crippen LogP contribution in [0.1, 0.15) is 18.1 Å². The van der Waals surface area contributed by atoms with Crippen molar-refractivity contribution < 1.29 is 8.81 Å². The monoisotopic (exact) mass is 449 g/mol. The predicted octanol–water partition coefficient (Wildman–Crippen LogP) is 6.04. The van der Waals surface area contributed by atoms with Crippen LogP contribution >= 0.6 is 23.1 Å². The summed E-state index contributed by atoms with van der Waals surface area (Å²) in [6.45, 7) is 1.97. The van der Waals surface area contributed by atoms with E-state index in [1.54, 1.807) is 23.5 Å². The van der Waals surface area contributed by atoms with Gasteiger partial charge < -0.3 is 4.42 Å². The highest BCUT2D eigenvalue weighted by atomic mass is 32.2. The number of aromatic nitrogens is 5. The molecule has 0 bridgehead atoms. The lowest BCUT2D eigenvalue weighted by molar-refractivity contribution is 0.510. The third kappa shape index (κ3) is 4.01. The van der Waals surface area contributed by atoms with Crippen LogP contribution in [0.25, 0.3) is 27.8 Å². The van der Waals surface area contributed by atoms with Crippen molar-refractivity contribution in [3.63, 3.8) is 0 Å². The van der Waals surface area contributed by atoms with Crippen molar-refractivity contribution in [3.8, 4) is 27.8 Å². The Morgan fingerprint density at radius 1 is 0.935 bits per heavy atom. The Hall–Kier alpha value is -3.30.